The number of carboxylic acids is 1. The molecule has 0 amide bonds. The van der Waals surface area contributed by atoms with Gasteiger partial charge in [-0.1, -0.05) is 69.6 Å². The van der Waals surface area contributed by atoms with E-state index < -0.39 is 13.6 Å². The third kappa shape index (κ3) is 5.19. The van der Waals surface area contributed by atoms with Crippen LogP contribution >= 0.6 is 80.9 Å². The van der Waals surface area contributed by atoms with Gasteiger partial charge in [-0.05, 0) is 6.07 Å². The summed E-state index contributed by atoms with van der Waals surface area (Å²) in [7, 11) is 0. The van der Waals surface area contributed by atoms with Crippen LogP contribution in [-0.4, -0.2) is 26.0 Å². The van der Waals surface area contributed by atoms with Crippen LogP contribution < -0.4 is 0 Å². The molecule has 2 aromatic rings. The Bertz CT molecular complexity index is 708. The Kier molecular flexibility index (Phi) is 5.89. The van der Waals surface area contributed by atoms with E-state index in [9.17, 15) is 4.79 Å². The second kappa shape index (κ2) is 7.04. The number of hydrogen-bond acceptors (Lipinski definition) is 5. The molecule has 5 nitrogen and oxygen atoms in total. The van der Waals surface area contributed by atoms with E-state index in [4.69, 9.17) is 74.7 Å². The summed E-state index contributed by atoms with van der Waals surface area (Å²) in [6.45, 7) is 0. The molecular weight excluding hydrogens is 451 g/mol. The third-order valence-corrected chi connectivity index (χ3v) is 4.33. The van der Waals surface area contributed by atoms with E-state index in [2.05, 4.69) is 15.0 Å². The molecular formula is C11H5Cl6N3O2S. The molecule has 0 aliphatic heterocycles. The van der Waals surface area contributed by atoms with Crippen LogP contribution in [0.3, 0.4) is 0 Å². The zero-order valence-electron chi connectivity index (χ0n) is 10.7. The molecule has 0 aromatic carbocycles. The summed E-state index contributed by atoms with van der Waals surface area (Å²) in [4.78, 5) is 23.3. The van der Waals surface area contributed by atoms with Gasteiger partial charge in [0, 0.05) is 15.8 Å². The van der Waals surface area contributed by atoms with E-state index >= 15 is 0 Å². The summed E-state index contributed by atoms with van der Waals surface area (Å²) in [5, 5.41) is 10.5. The molecule has 0 fully saturated rings. The fourth-order valence-corrected chi connectivity index (χ4v) is 2.86. The molecule has 0 saturated heterocycles. The van der Waals surface area contributed by atoms with Crippen molar-refractivity contribution in [1.29, 1.82) is 0 Å². The summed E-state index contributed by atoms with van der Waals surface area (Å²) in [5.41, 5.74) is 0.500. The molecule has 0 bridgehead atoms. The number of aromatic nitrogens is 3. The average Bonchev–Trinajstić information content (AvgIpc) is 2.83. The molecule has 23 heavy (non-hydrogen) atoms. The first kappa shape index (κ1) is 19.2. The van der Waals surface area contributed by atoms with Crippen molar-refractivity contribution in [3.05, 3.63) is 28.0 Å². The molecule has 2 rings (SSSR count). The van der Waals surface area contributed by atoms with Gasteiger partial charge in [0.25, 0.3) is 0 Å². The Hall–Kier alpha value is -0.0800. The zero-order valence-corrected chi connectivity index (χ0v) is 16.1. The standard InChI is InChI=1S/C11H5Cl6N3O2S/c12-10(13,14)8-18-7(19-9(20-8)11(15,16)17)4-1-5(23-3-4)2-6(21)22/h1,3H,2H2,(H,21,22). The van der Waals surface area contributed by atoms with Crippen molar-refractivity contribution in [2.75, 3.05) is 0 Å². The van der Waals surface area contributed by atoms with Crippen LogP contribution in [0.1, 0.15) is 16.5 Å². The minimum Gasteiger partial charge on any atom is -0.481 e. The van der Waals surface area contributed by atoms with Crippen molar-refractivity contribution in [2.24, 2.45) is 0 Å². The number of carbonyl (C=O) groups is 1. The number of rotatable bonds is 3. The summed E-state index contributed by atoms with van der Waals surface area (Å²) < 4.78 is -3.88. The second-order valence-corrected chi connectivity index (χ2v) is 9.73. The molecule has 124 valence electrons. The van der Waals surface area contributed by atoms with Crippen molar-refractivity contribution in [3.8, 4) is 11.4 Å². The van der Waals surface area contributed by atoms with Gasteiger partial charge in [-0.2, -0.15) is 0 Å². The highest BCUT2D eigenvalue weighted by atomic mass is 35.6. The smallest absolute Gasteiger partial charge is 0.308 e. The van der Waals surface area contributed by atoms with Crippen molar-refractivity contribution in [1.82, 2.24) is 15.0 Å². The number of carboxylic acid groups (broad SMARTS) is 1. The Morgan fingerprint density at radius 3 is 2.00 bits per heavy atom. The third-order valence-electron chi connectivity index (χ3n) is 2.38. The highest BCUT2D eigenvalue weighted by molar-refractivity contribution is 7.10. The largest absolute Gasteiger partial charge is 0.481 e. The number of aliphatic carboxylic acids is 1. The van der Waals surface area contributed by atoms with Crippen LogP contribution in [0.15, 0.2) is 11.4 Å². The summed E-state index contributed by atoms with van der Waals surface area (Å²) in [6.07, 6.45) is -0.135. The Balaban J connectivity index is 2.53. The van der Waals surface area contributed by atoms with Gasteiger partial charge >= 0.3 is 5.97 Å². The van der Waals surface area contributed by atoms with Crippen molar-refractivity contribution in [2.45, 2.75) is 14.0 Å². The van der Waals surface area contributed by atoms with E-state index in [1.54, 1.807) is 11.4 Å². The monoisotopic (exact) mass is 453 g/mol. The highest BCUT2D eigenvalue weighted by Crippen LogP contribution is 2.41. The topological polar surface area (TPSA) is 76.0 Å². The first-order valence-electron chi connectivity index (χ1n) is 5.67. The first-order chi connectivity index (χ1) is 10.5. The van der Waals surface area contributed by atoms with Crippen LogP contribution in [0.2, 0.25) is 0 Å². The lowest BCUT2D eigenvalue weighted by molar-refractivity contribution is -0.136. The lowest BCUT2D eigenvalue weighted by Gasteiger charge is -2.15. The Labute approximate surface area is 164 Å². The molecule has 0 atom stereocenters. The minimum absolute atomic E-state index is 0.107. The summed E-state index contributed by atoms with van der Waals surface area (Å²) in [5.74, 6) is -1.27. The van der Waals surface area contributed by atoms with Crippen LogP contribution in [0.4, 0.5) is 0 Å². The fourth-order valence-electron chi connectivity index (χ4n) is 1.50. The van der Waals surface area contributed by atoms with E-state index in [0.717, 1.165) is 0 Å². The van der Waals surface area contributed by atoms with Gasteiger partial charge < -0.3 is 5.11 Å². The maximum atomic E-state index is 10.7. The first-order valence-corrected chi connectivity index (χ1v) is 8.81. The SMILES string of the molecule is O=C(O)Cc1cc(-c2nc(C(Cl)(Cl)Cl)nc(C(Cl)(Cl)Cl)n2)cs1. The molecule has 0 unspecified atom stereocenters. The average molecular weight is 456 g/mol. The van der Waals surface area contributed by atoms with Crippen LogP contribution in [-0.2, 0) is 18.8 Å². The van der Waals surface area contributed by atoms with E-state index in [1.807, 2.05) is 0 Å². The normalized spacial score (nSPS) is 12.4. The van der Waals surface area contributed by atoms with Gasteiger partial charge in [0.05, 0.1) is 6.42 Å². The Morgan fingerprint density at radius 2 is 1.57 bits per heavy atom. The maximum absolute atomic E-state index is 10.7. The number of alkyl halides is 6. The summed E-state index contributed by atoms with van der Waals surface area (Å²) >= 11 is 35.9. The summed E-state index contributed by atoms with van der Waals surface area (Å²) in [6, 6.07) is 1.60. The number of nitrogens with zero attached hydrogens (tertiary/aromatic N) is 3. The molecule has 0 spiro atoms. The van der Waals surface area contributed by atoms with Crippen LogP contribution in [0.5, 0.6) is 0 Å². The number of thiophene rings is 1. The zero-order chi connectivity index (χ0) is 17.4. The van der Waals surface area contributed by atoms with Gasteiger partial charge in [0.15, 0.2) is 17.5 Å². The van der Waals surface area contributed by atoms with Gasteiger partial charge in [-0.25, -0.2) is 15.0 Å². The predicted molar refractivity (Wildman–Crippen MR) is 93.0 cm³/mol. The van der Waals surface area contributed by atoms with Gasteiger partial charge in [0.2, 0.25) is 7.59 Å². The maximum Gasteiger partial charge on any atom is 0.308 e. The molecule has 12 heteroatoms. The van der Waals surface area contributed by atoms with E-state index in [1.165, 1.54) is 11.3 Å². The van der Waals surface area contributed by atoms with Crippen molar-refractivity contribution in [3.63, 3.8) is 0 Å². The molecule has 0 saturated carbocycles. The van der Waals surface area contributed by atoms with Gasteiger partial charge in [0.1, 0.15) is 0 Å². The van der Waals surface area contributed by atoms with E-state index in [0.29, 0.717) is 10.4 Å². The highest BCUT2D eigenvalue weighted by Gasteiger charge is 2.34. The molecule has 0 aliphatic carbocycles. The molecule has 2 heterocycles. The lowest BCUT2D eigenvalue weighted by Crippen LogP contribution is -2.16. The second-order valence-electron chi connectivity index (χ2n) is 4.17. The fraction of sp³-hybridized carbons (Fsp3) is 0.273. The molecule has 0 radical (unpaired) electrons. The van der Waals surface area contributed by atoms with E-state index in [-0.39, 0.29) is 23.9 Å². The molecule has 2 aromatic heterocycles. The van der Waals surface area contributed by atoms with Crippen molar-refractivity contribution >= 4 is 86.9 Å². The number of hydrogen-bond donors (Lipinski definition) is 1. The minimum atomic E-state index is -1.94. The quantitative estimate of drug-likeness (QED) is 0.667. The van der Waals surface area contributed by atoms with Crippen LogP contribution in [0, 0.1) is 0 Å². The Morgan fingerprint density at radius 1 is 1.04 bits per heavy atom. The van der Waals surface area contributed by atoms with Crippen molar-refractivity contribution < 1.29 is 9.90 Å². The van der Waals surface area contributed by atoms with Gasteiger partial charge in [-0.3, -0.25) is 4.79 Å². The molecule has 0 aliphatic rings. The predicted octanol–water partition coefficient (Wildman–Crippen LogP) is 4.88. The molecule has 1 N–H and O–H groups in total. The number of halogens is 6. The van der Waals surface area contributed by atoms with Crippen LogP contribution in [0.25, 0.3) is 11.4 Å². The lowest BCUT2D eigenvalue weighted by atomic mass is 10.2. The van der Waals surface area contributed by atoms with Gasteiger partial charge in [-0.15, -0.1) is 11.3 Å².